The van der Waals surface area contributed by atoms with Gasteiger partial charge in [0.25, 0.3) is 0 Å². The minimum atomic E-state index is -0.107. The summed E-state index contributed by atoms with van der Waals surface area (Å²) in [4.78, 5) is 28.0. The van der Waals surface area contributed by atoms with Crippen LogP contribution in [0.2, 0.25) is 0 Å². The Bertz CT molecular complexity index is 683. The third-order valence-corrected chi connectivity index (χ3v) is 8.02. The third kappa shape index (κ3) is 4.94. The lowest BCUT2D eigenvalue weighted by molar-refractivity contribution is -0.121. The van der Waals surface area contributed by atoms with E-state index in [0.717, 1.165) is 37.0 Å². The number of urea groups is 1. The fourth-order valence-corrected chi connectivity index (χ4v) is 7.08. The molecule has 29 heavy (non-hydrogen) atoms. The van der Waals surface area contributed by atoms with Crippen LogP contribution in [0.5, 0.6) is 0 Å². The van der Waals surface area contributed by atoms with Crippen LogP contribution in [0.15, 0.2) is 17.5 Å². The molecule has 6 nitrogen and oxygen atoms in total. The Morgan fingerprint density at radius 2 is 1.79 bits per heavy atom. The number of nitrogens with one attached hydrogen (secondary N) is 3. The van der Waals surface area contributed by atoms with Crippen LogP contribution in [-0.4, -0.2) is 49.6 Å². The van der Waals surface area contributed by atoms with Crippen molar-refractivity contribution >= 4 is 23.3 Å². The Morgan fingerprint density at radius 1 is 1.14 bits per heavy atom. The molecular formula is C22H34N4O2S. The zero-order chi connectivity index (χ0) is 20.4. The first-order chi connectivity index (χ1) is 13.9. The van der Waals surface area contributed by atoms with Gasteiger partial charge < -0.3 is 20.9 Å². The summed E-state index contributed by atoms with van der Waals surface area (Å²) < 4.78 is 0. The molecule has 4 aliphatic carbocycles. The highest BCUT2D eigenvalue weighted by atomic mass is 32.1. The lowest BCUT2D eigenvalue weighted by Crippen LogP contribution is -2.61. The predicted octanol–water partition coefficient (Wildman–Crippen LogP) is 3.13. The highest BCUT2D eigenvalue weighted by Gasteiger charge is 2.51. The number of thiophene rings is 1. The van der Waals surface area contributed by atoms with E-state index in [4.69, 9.17) is 0 Å². The zero-order valence-electron chi connectivity index (χ0n) is 17.6. The van der Waals surface area contributed by atoms with Crippen molar-refractivity contribution < 1.29 is 9.59 Å². The topological polar surface area (TPSA) is 73.5 Å². The molecule has 1 aromatic rings. The molecule has 4 bridgehead atoms. The number of carbonyl (C=O) groups excluding carboxylic acids is 2. The molecule has 1 aromatic heterocycles. The van der Waals surface area contributed by atoms with Gasteiger partial charge in [0.2, 0.25) is 5.91 Å². The van der Waals surface area contributed by atoms with Crippen molar-refractivity contribution in [1.82, 2.24) is 20.9 Å². The third-order valence-electron chi connectivity index (χ3n) is 7.04. The average molecular weight is 419 g/mol. The average Bonchev–Trinajstić information content (AvgIpc) is 3.14. The van der Waals surface area contributed by atoms with Gasteiger partial charge in [0.15, 0.2) is 0 Å². The number of amides is 3. The second-order valence-electron chi connectivity index (χ2n) is 9.63. The first-order valence-electron chi connectivity index (χ1n) is 10.9. The minimum absolute atomic E-state index is 0.0146. The summed E-state index contributed by atoms with van der Waals surface area (Å²) in [6.45, 7) is 0.946. The van der Waals surface area contributed by atoms with Crippen LogP contribution in [0.1, 0.15) is 55.9 Å². The highest BCUT2D eigenvalue weighted by molar-refractivity contribution is 7.10. The molecule has 1 atom stereocenters. The summed E-state index contributed by atoms with van der Waals surface area (Å²) in [5.41, 5.74) is 0.0146. The largest absolute Gasteiger partial charge is 0.354 e. The summed E-state index contributed by atoms with van der Waals surface area (Å²) in [6, 6.07) is 4.19. The SMILES string of the molecule is CN(C)C(CNC(=O)CCNC(=O)NC12CC3CC(CC(C3)C1)C2)c1cccs1. The van der Waals surface area contributed by atoms with Gasteiger partial charge in [0, 0.05) is 29.9 Å². The second kappa shape index (κ2) is 8.64. The standard InChI is InChI=1S/C22H34N4O2S/c1-26(2)18(19-4-3-7-29-19)14-24-20(27)5-6-23-21(28)25-22-11-15-8-16(12-22)10-17(9-15)13-22/h3-4,7,15-18H,5-6,8-14H2,1-2H3,(H,24,27)(H2,23,25,28). The summed E-state index contributed by atoms with van der Waals surface area (Å²) in [5, 5.41) is 11.3. The van der Waals surface area contributed by atoms with Crippen molar-refractivity contribution in [2.24, 2.45) is 17.8 Å². The van der Waals surface area contributed by atoms with Crippen LogP contribution in [0.25, 0.3) is 0 Å². The molecule has 0 aliphatic heterocycles. The maximum Gasteiger partial charge on any atom is 0.315 e. The predicted molar refractivity (Wildman–Crippen MR) is 116 cm³/mol. The Kier molecular flexibility index (Phi) is 6.16. The Balaban J connectivity index is 1.17. The van der Waals surface area contributed by atoms with Gasteiger partial charge >= 0.3 is 6.03 Å². The number of nitrogens with zero attached hydrogens (tertiary/aromatic N) is 1. The van der Waals surface area contributed by atoms with Gasteiger partial charge in [0.1, 0.15) is 0 Å². The van der Waals surface area contributed by atoms with E-state index in [0.29, 0.717) is 19.5 Å². The second-order valence-corrected chi connectivity index (χ2v) is 10.6. The van der Waals surface area contributed by atoms with E-state index in [-0.39, 0.29) is 23.5 Å². The van der Waals surface area contributed by atoms with E-state index < -0.39 is 0 Å². The summed E-state index contributed by atoms with van der Waals surface area (Å²) >= 11 is 1.70. The van der Waals surface area contributed by atoms with Gasteiger partial charge in [0.05, 0.1) is 6.04 Å². The molecule has 4 aliphatic rings. The van der Waals surface area contributed by atoms with Crippen LogP contribution in [0, 0.1) is 17.8 Å². The molecule has 4 fully saturated rings. The maximum atomic E-state index is 12.5. The number of carbonyl (C=O) groups is 2. The maximum absolute atomic E-state index is 12.5. The van der Waals surface area contributed by atoms with Crippen LogP contribution in [0.4, 0.5) is 4.79 Å². The van der Waals surface area contributed by atoms with Crippen LogP contribution < -0.4 is 16.0 Å². The van der Waals surface area contributed by atoms with Crippen LogP contribution in [0.3, 0.4) is 0 Å². The van der Waals surface area contributed by atoms with E-state index >= 15 is 0 Å². The van der Waals surface area contributed by atoms with E-state index in [9.17, 15) is 9.59 Å². The number of hydrogen-bond acceptors (Lipinski definition) is 4. The molecule has 7 heteroatoms. The summed E-state index contributed by atoms with van der Waals surface area (Å²) in [5.74, 6) is 2.39. The normalized spacial score (nSPS) is 30.9. The quantitative estimate of drug-likeness (QED) is 0.607. The number of rotatable bonds is 8. The highest BCUT2D eigenvalue weighted by Crippen LogP contribution is 2.55. The fraction of sp³-hybridized carbons (Fsp3) is 0.727. The first kappa shape index (κ1) is 20.7. The first-order valence-corrected chi connectivity index (χ1v) is 11.8. The van der Waals surface area contributed by atoms with Gasteiger partial charge in [-0.15, -0.1) is 11.3 Å². The lowest BCUT2D eigenvalue weighted by atomic mass is 9.53. The Labute approximate surface area is 177 Å². The van der Waals surface area contributed by atoms with E-state index in [1.165, 1.54) is 24.1 Å². The molecular weight excluding hydrogens is 384 g/mol. The molecule has 1 unspecified atom stereocenters. The van der Waals surface area contributed by atoms with Crippen molar-refractivity contribution in [2.45, 2.75) is 56.5 Å². The molecule has 0 radical (unpaired) electrons. The van der Waals surface area contributed by atoms with Crippen LogP contribution in [-0.2, 0) is 4.79 Å². The van der Waals surface area contributed by atoms with Gasteiger partial charge in [-0.05, 0) is 81.8 Å². The van der Waals surface area contributed by atoms with E-state index in [2.05, 4.69) is 32.3 Å². The smallest absolute Gasteiger partial charge is 0.315 e. The molecule has 4 saturated carbocycles. The molecule has 3 N–H and O–H groups in total. The number of likely N-dealkylation sites (N-methyl/N-ethyl adjacent to an activating group) is 1. The molecule has 0 saturated heterocycles. The van der Waals surface area contributed by atoms with E-state index in [1.807, 2.05) is 20.2 Å². The van der Waals surface area contributed by atoms with E-state index in [1.54, 1.807) is 11.3 Å². The fourth-order valence-electron chi connectivity index (χ4n) is 6.16. The molecule has 0 spiro atoms. The Hall–Kier alpha value is -1.60. The lowest BCUT2D eigenvalue weighted by Gasteiger charge is -2.56. The van der Waals surface area contributed by atoms with Crippen molar-refractivity contribution in [3.05, 3.63) is 22.4 Å². The monoisotopic (exact) mass is 418 g/mol. The van der Waals surface area contributed by atoms with Gasteiger partial charge in [-0.25, -0.2) is 4.79 Å². The number of hydrogen-bond donors (Lipinski definition) is 3. The van der Waals surface area contributed by atoms with Gasteiger partial charge in [-0.1, -0.05) is 6.07 Å². The van der Waals surface area contributed by atoms with Crippen LogP contribution >= 0.6 is 11.3 Å². The molecule has 1 heterocycles. The molecule has 160 valence electrons. The van der Waals surface area contributed by atoms with Gasteiger partial charge in [-0.3, -0.25) is 4.79 Å². The summed E-state index contributed by atoms with van der Waals surface area (Å²) in [6.07, 6.45) is 7.82. The molecule has 0 aromatic carbocycles. The Morgan fingerprint density at radius 3 is 2.34 bits per heavy atom. The van der Waals surface area contributed by atoms with Gasteiger partial charge in [-0.2, -0.15) is 0 Å². The zero-order valence-corrected chi connectivity index (χ0v) is 18.4. The van der Waals surface area contributed by atoms with Crippen molar-refractivity contribution in [3.8, 4) is 0 Å². The van der Waals surface area contributed by atoms with Crippen molar-refractivity contribution in [1.29, 1.82) is 0 Å². The van der Waals surface area contributed by atoms with Crippen molar-refractivity contribution in [3.63, 3.8) is 0 Å². The molecule has 5 rings (SSSR count). The minimum Gasteiger partial charge on any atom is -0.354 e. The summed E-state index contributed by atoms with van der Waals surface area (Å²) in [7, 11) is 4.04. The molecule has 3 amide bonds. The van der Waals surface area contributed by atoms with Crippen molar-refractivity contribution in [2.75, 3.05) is 27.2 Å².